The molecule has 0 radical (unpaired) electrons. The molecule has 112 valence electrons. The summed E-state index contributed by atoms with van der Waals surface area (Å²) in [6, 6.07) is 0. The summed E-state index contributed by atoms with van der Waals surface area (Å²) in [5, 5.41) is 3.58. The van der Waals surface area contributed by atoms with Crippen molar-refractivity contribution in [2.75, 3.05) is 30.8 Å². The highest BCUT2D eigenvalue weighted by molar-refractivity contribution is 7.11. The van der Waals surface area contributed by atoms with Crippen molar-refractivity contribution in [3.05, 3.63) is 5.56 Å². The van der Waals surface area contributed by atoms with E-state index in [-0.39, 0.29) is 5.91 Å². The summed E-state index contributed by atoms with van der Waals surface area (Å²) in [5.41, 5.74) is 6.40. The molecule has 5 nitrogen and oxygen atoms in total. The minimum Gasteiger partial charge on any atom is -0.382 e. The molecule has 1 aromatic rings. The van der Waals surface area contributed by atoms with Gasteiger partial charge in [0, 0.05) is 20.1 Å². The van der Waals surface area contributed by atoms with Gasteiger partial charge in [0.05, 0.1) is 0 Å². The van der Waals surface area contributed by atoms with Crippen LogP contribution in [0.25, 0.3) is 0 Å². The van der Waals surface area contributed by atoms with Crippen LogP contribution in [0.2, 0.25) is 0 Å². The zero-order chi connectivity index (χ0) is 14.5. The van der Waals surface area contributed by atoms with E-state index < -0.39 is 0 Å². The Bertz CT molecular complexity index is 460. The SMILES string of the molecule is CCCC1CCCN(c2snc(N)c2C(=O)NC)CC1. The van der Waals surface area contributed by atoms with E-state index in [2.05, 4.69) is 21.5 Å². The molecule has 1 fully saturated rings. The number of hydrogen-bond acceptors (Lipinski definition) is 5. The summed E-state index contributed by atoms with van der Waals surface area (Å²) in [7, 11) is 1.63. The molecule has 1 saturated heterocycles. The lowest BCUT2D eigenvalue weighted by atomic mass is 9.96. The van der Waals surface area contributed by atoms with Gasteiger partial charge in [-0.3, -0.25) is 4.79 Å². The first-order valence-electron chi connectivity index (χ1n) is 7.39. The van der Waals surface area contributed by atoms with Crippen LogP contribution in [0, 0.1) is 5.92 Å². The molecule has 6 heteroatoms. The minimum atomic E-state index is -0.138. The predicted molar refractivity (Wildman–Crippen MR) is 84.4 cm³/mol. The molecular weight excluding hydrogens is 272 g/mol. The molecule has 1 amide bonds. The third-order valence-electron chi connectivity index (χ3n) is 3.99. The minimum absolute atomic E-state index is 0.138. The van der Waals surface area contributed by atoms with Crippen molar-refractivity contribution in [2.24, 2.45) is 5.92 Å². The van der Waals surface area contributed by atoms with Crippen LogP contribution in [0.5, 0.6) is 0 Å². The second-order valence-electron chi connectivity index (χ2n) is 5.40. The lowest BCUT2D eigenvalue weighted by molar-refractivity contribution is 0.0964. The number of hydrogen-bond donors (Lipinski definition) is 2. The van der Waals surface area contributed by atoms with E-state index in [0.29, 0.717) is 11.4 Å². The maximum absolute atomic E-state index is 12.0. The van der Waals surface area contributed by atoms with Crippen molar-refractivity contribution in [3.63, 3.8) is 0 Å². The normalized spacial score (nSPS) is 19.7. The van der Waals surface area contributed by atoms with Crippen LogP contribution in [-0.4, -0.2) is 30.4 Å². The molecule has 2 rings (SSSR count). The molecule has 2 heterocycles. The fraction of sp³-hybridized carbons (Fsp3) is 0.714. The van der Waals surface area contributed by atoms with E-state index >= 15 is 0 Å². The lowest BCUT2D eigenvalue weighted by Crippen LogP contribution is -2.27. The van der Waals surface area contributed by atoms with Gasteiger partial charge in [-0.05, 0) is 36.7 Å². The smallest absolute Gasteiger partial charge is 0.257 e. The Kier molecular flexibility index (Phi) is 5.23. The number of rotatable bonds is 4. The van der Waals surface area contributed by atoms with E-state index in [1.165, 1.54) is 43.6 Å². The van der Waals surface area contributed by atoms with Gasteiger partial charge in [-0.25, -0.2) is 0 Å². The average molecular weight is 296 g/mol. The summed E-state index contributed by atoms with van der Waals surface area (Å²) < 4.78 is 4.16. The van der Waals surface area contributed by atoms with Crippen LogP contribution in [0.1, 0.15) is 49.4 Å². The Morgan fingerprint density at radius 3 is 3.00 bits per heavy atom. The number of nitrogens with one attached hydrogen (secondary N) is 1. The van der Waals surface area contributed by atoms with Crippen LogP contribution >= 0.6 is 11.5 Å². The first kappa shape index (κ1) is 15.1. The first-order chi connectivity index (χ1) is 9.67. The molecule has 1 unspecified atom stereocenters. The predicted octanol–water partition coefficient (Wildman–Crippen LogP) is 2.49. The van der Waals surface area contributed by atoms with Crippen molar-refractivity contribution in [1.82, 2.24) is 9.69 Å². The maximum atomic E-state index is 12.0. The van der Waals surface area contributed by atoms with Crippen LogP contribution in [-0.2, 0) is 0 Å². The maximum Gasteiger partial charge on any atom is 0.257 e. The van der Waals surface area contributed by atoms with Gasteiger partial charge in [0.15, 0.2) is 5.82 Å². The molecule has 0 aliphatic carbocycles. The van der Waals surface area contributed by atoms with Gasteiger partial charge < -0.3 is 16.0 Å². The first-order valence-corrected chi connectivity index (χ1v) is 8.16. The van der Waals surface area contributed by atoms with Gasteiger partial charge in [0.25, 0.3) is 5.91 Å². The van der Waals surface area contributed by atoms with Gasteiger partial charge in [-0.15, -0.1) is 0 Å². The molecule has 1 aliphatic heterocycles. The molecule has 1 aliphatic rings. The summed E-state index contributed by atoms with van der Waals surface area (Å²) in [6.07, 6.45) is 6.21. The summed E-state index contributed by atoms with van der Waals surface area (Å²) >= 11 is 1.34. The molecule has 1 aromatic heterocycles. The number of carbonyl (C=O) groups is 1. The number of nitrogens with two attached hydrogens (primary N) is 1. The zero-order valence-electron chi connectivity index (χ0n) is 12.3. The Labute approximate surface area is 124 Å². The molecule has 20 heavy (non-hydrogen) atoms. The van der Waals surface area contributed by atoms with Crippen LogP contribution in [0.4, 0.5) is 10.8 Å². The second-order valence-corrected chi connectivity index (χ2v) is 6.15. The van der Waals surface area contributed by atoms with E-state index in [9.17, 15) is 4.79 Å². The Morgan fingerprint density at radius 1 is 1.50 bits per heavy atom. The highest BCUT2D eigenvalue weighted by atomic mass is 32.1. The summed E-state index contributed by atoms with van der Waals surface area (Å²) in [6.45, 7) is 4.23. The van der Waals surface area contributed by atoms with E-state index in [1.807, 2.05) is 0 Å². The van der Waals surface area contributed by atoms with Crippen molar-refractivity contribution < 1.29 is 4.79 Å². The average Bonchev–Trinajstić information content (AvgIpc) is 2.68. The fourth-order valence-electron chi connectivity index (χ4n) is 2.91. The zero-order valence-corrected chi connectivity index (χ0v) is 13.1. The largest absolute Gasteiger partial charge is 0.382 e. The molecule has 0 bridgehead atoms. The van der Waals surface area contributed by atoms with E-state index in [4.69, 9.17) is 5.73 Å². The topological polar surface area (TPSA) is 71.2 Å². The third kappa shape index (κ3) is 3.23. The highest BCUT2D eigenvalue weighted by Crippen LogP contribution is 2.33. The van der Waals surface area contributed by atoms with Crippen LogP contribution in [0.15, 0.2) is 0 Å². The van der Waals surface area contributed by atoms with Gasteiger partial charge in [0.2, 0.25) is 0 Å². The van der Waals surface area contributed by atoms with E-state index in [0.717, 1.165) is 24.0 Å². The quantitative estimate of drug-likeness (QED) is 0.895. The van der Waals surface area contributed by atoms with Crippen molar-refractivity contribution in [2.45, 2.75) is 39.0 Å². The van der Waals surface area contributed by atoms with Gasteiger partial charge >= 0.3 is 0 Å². The molecule has 0 spiro atoms. The monoisotopic (exact) mass is 296 g/mol. The number of amides is 1. The summed E-state index contributed by atoms with van der Waals surface area (Å²) in [4.78, 5) is 14.2. The molecule has 0 saturated carbocycles. The number of carbonyl (C=O) groups excluding carboxylic acids is 1. The number of anilines is 2. The number of nitrogen functional groups attached to an aromatic ring is 1. The standard InChI is InChI=1S/C14H24N4OS/c1-3-5-10-6-4-8-18(9-7-10)14-11(13(19)16-2)12(15)17-20-14/h10H,3-9H2,1-2H3,(H2,15,17)(H,16,19). The fourth-order valence-corrected chi connectivity index (χ4v) is 3.78. The van der Waals surface area contributed by atoms with Crippen LogP contribution in [0.3, 0.4) is 0 Å². The number of nitrogens with zero attached hydrogens (tertiary/aromatic N) is 2. The third-order valence-corrected chi connectivity index (χ3v) is 4.91. The van der Waals surface area contributed by atoms with Crippen molar-refractivity contribution in [3.8, 4) is 0 Å². The Balaban J connectivity index is 2.14. The number of aromatic nitrogens is 1. The Morgan fingerprint density at radius 2 is 2.30 bits per heavy atom. The van der Waals surface area contributed by atoms with Gasteiger partial charge in [-0.1, -0.05) is 19.8 Å². The van der Waals surface area contributed by atoms with Crippen LogP contribution < -0.4 is 16.0 Å². The van der Waals surface area contributed by atoms with Gasteiger partial charge in [0.1, 0.15) is 10.6 Å². The molecular formula is C14H24N4OS. The van der Waals surface area contributed by atoms with Gasteiger partial charge in [-0.2, -0.15) is 4.37 Å². The lowest BCUT2D eigenvalue weighted by Gasteiger charge is -2.21. The second kappa shape index (κ2) is 6.92. The Hall–Kier alpha value is -1.30. The van der Waals surface area contributed by atoms with Crippen molar-refractivity contribution in [1.29, 1.82) is 0 Å². The highest BCUT2D eigenvalue weighted by Gasteiger charge is 2.25. The molecule has 1 atom stereocenters. The summed E-state index contributed by atoms with van der Waals surface area (Å²) in [5.74, 6) is 1.03. The molecule has 0 aromatic carbocycles. The van der Waals surface area contributed by atoms with Crippen molar-refractivity contribution >= 4 is 28.3 Å². The molecule has 3 N–H and O–H groups in total. The van der Waals surface area contributed by atoms with E-state index in [1.54, 1.807) is 7.05 Å².